The van der Waals surface area contributed by atoms with Crippen molar-refractivity contribution in [3.8, 4) is 0 Å². The fourth-order valence-electron chi connectivity index (χ4n) is 3.63. The van der Waals surface area contributed by atoms with Crippen LogP contribution in [0.1, 0.15) is 12.5 Å². The van der Waals surface area contributed by atoms with E-state index in [1.807, 2.05) is 33.9 Å². The van der Waals surface area contributed by atoms with Crippen molar-refractivity contribution in [2.24, 2.45) is 0 Å². The molecule has 1 amide bonds. The van der Waals surface area contributed by atoms with E-state index in [2.05, 4.69) is 25.8 Å². The Bertz CT molecular complexity index is 1040. The van der Waals surface area contributed by atoms with E-state index in [-0.39, 0.29) is 18.0 Å². The number of aromatic nitrogens is 2. The molecule has 3 heterocycles. The lowest BCUT2D eigenvalue weighted by atomic mass is 10.1. The van der Waals surface area contributed by atoms with Gasteiger partial charge in [-0.05, 0) is 46.3 Å². The van der Waals surface area contributed by atoms with Crippen molar-refractivity contribution in [2.75, 3.05) is 31.1 Å². The quantitative estimate of drug-likeness (QED) is 0.581. The van der Waals surface area contributed by atoms with Crippen molar-refractivity contribution in [1.29, 1.82) is 0 Å². The SMILES string of the molecule is CC(F)(F)c1ccc(N2CCN(C(=O)Cn3ccc4cccnc43)CC2)c(Br)c1. The van der Waals surface area contributed by atoms with Crippen LogP contribution in [-0.4, -0.2) is 46.5 Å². The highest BCUT2D eigenvalue weighted by atomic mass is 79.9. The fraction of sp³-hybridized carbons (Fsp3) is 0.333. The number of piperazine rings is 1. The Balaban J connectivity index is 1.40. The molecule has 4 rings (SSSR count). The molecule has 1 aliphatic heterocycles. The summed E-state index contributed by atoms with van der Waals surface area (Å²) in [5.74, 6) is -2.82. The third-order valence-electron chi connectivity index (χ3n) is 5.26. The van der Waals surface area contributed by atoms with Gasteiger partial charge in [0.05, 0.1) is 5.69 Å². The zero-order valence-electron chi connectivity index (χ0n) is 16.0. The molecule has 2 aromatic heterocycles. The average molecular weight is 463 g/mol. The molecule has 29 heavy (non-hydrogen) atoms. The van der Waals surface area contributed by atoms with Gasteiger partial charge in [-0.15, -0.1) is 0 Å². The number of nitrogens with zero attached hydrogens (tertiary/aromatic N) is 4. The smallest absolute Gasteiger partial charge is 0.270 e. The van der Waals surface area contributed by atoms with Gasteiger partial charge in [0.15, 0.2) is 0 Å². The van der Waals surface area contributed by atoms with E-state index < -0.39 is 5.92 Å². The van der Waals surface area contributed by atoms with Crippen LogP contribution in [0, 0.1) is 0 Å². The number of amides is 1. The highest BCUT2D eigenvalue weighted by Crippen LogP contribution is 2.34. The van der Waals surface area contributed by atoms with Gasteiger partial charge in [-0.1, -0.05) is 6.07 Å². The minimum atomic E-state index is -2.87. The van der Waals surface area contributed by atoms with Gasteiger partial charge in [0.25, 0.3) is 5.92 Å². The highest BCUT2D eigenvalue weighted by molar-refractivity contribution is 9.10. The lowest BCUT2D eigenvalue weighted by Gasteiger charge is -2.36. The summed E-state index contributed by atoms with van der Waals surface area (Å²) in [5, 5.41) is 1.01. The summed E-state index contributed by atoms with van der Waals surface area (Å²) in [6.07, 6.45) is 3.60. The zero-order chi connectivity index (χ0) is 20.6. The monoisotopic (exact) mass is 462 g/mol. The molecule has 0 aliphatic carbocycles. The second-order valence-corrected chi connectivity index (χ2v) is 8.14. The molecule has 152 valence electrons. The first-order chi connectivity index (χ1) is 13.8. The molecule has 0 bridgehead atoms. The Labute approximate surface area is 176 Å². The van der Waals surface area contributed by atoms with Crippen LogP contribution < -0.4 is 4.90 Å². The second-order valence-electron chi connectivity index (χ2n) is 7.28. The number of hydrogen-bond donors (Lipinski definition) is 0. The summed E-state index contributed by atoms with van der Waals surface area (Å²) in [6.45, 7) is 3.62. The number of rotatable bonds is 4. The molecule has 1 fully saturated rings. The predicted octanol–water partition coefficient (Wildman–Crippen LogP) is 4.26. The molecule has 3 aromatic rings. The van der Waals surface area contributed by atoms with Crippen LogP contribution in [0.15, 0.2) is 53.3 Å². The van der Waals surface area contributed by atoms with Crippen molar-refractivity contribution < 1.29 is 13.6 Å². The molecule has 5 nitrogen and oxygen atoms in total. The van der Waals surface area contributed by atoms with Crippen LogP contribution in [0.3, 0.4) is 0 Å². The van der Waals surface area contributed by atoms with E-state index in [1.165, 1.54) is 12.1 Å². The Morgan fingerprint density at radius 1 is 1.17 bits per heavy atom. The molecule has 0 saturated carbocycles. The number of hydrogen-bond acceptors (Lipinski definition) is 3. The van der Waals surface area contributed by atoms with E-state index in [1.54, 1.807) is 12.3 Å². The van der Waals surface area contributed by atoms with Crippen LogP contribution in [-0.2, 0) is 17.3 Å². The van der Waals surface area contributed by atoms with Crippen molar-refractivity contribution in [3.63, 3.8) is 0 Å². The van der Waals surface area contributed by atoms with Gasteiger partial charge in [-0.3, -0.25) is 4.79 Å². The maximum Gasteiger partial charge on any atom is 0.270 e. The fourth-order valence-corrected chi connectivity index (χ4v) is 4.26. The first-order valence-corrected chi connectivity index (χ1v) is 10.2. The van der Waals surface area contributed by atoms with Crippen molar-refractivity contribution in [2.45, 2.75) is 19.4 Å². The maximum absolute atomic E-state index is 13.5. The first-order valence-electron chi connectivity index (χ1n) is 9.43. The summed E-state index contributed by atoms with van der Waals surface area (Å²) >= 11 is 3.42. The van der Waals surface area contributed by atoms with Gasteiger partial charge >= 0.3 is 0 Å². The van der Waals surface area contributed by atoms with E-state index in [0.29, 0.717) is 30.7 Å². The summed E-state index contributed by atoms with van der Waals surface area (Å²) in [6, 6.07) is 10.4. The minimum absolute atomic E-state index is 0.0190. The van der Waals surface area contributed by atoms with Crippen LogP contribution in [0.25, 0.3) is 11.0 Å². The molecule has 1 saturated heterocycles. The summed E-state index contributed by atoms with van der Waals surface area (Å²) in [5.41, 5.74) is 1.65. The van der Waals surface area contributed by atoms with Crippen LogP contribution in [0.2, 0.25) is 0 Å². The van der Waals surface area contributed by atoms with Gasteiger partial charge in [0, 0.05) is 60.9 Å². The number of fused-ring (bicyclic) bond motifs is 1. The van der Waals surface area contributed by atoms with E-state index >= 15 is 0 Å². The minimum Gasteiger partial charge on any atom is -0.367 e. The summed E-state index contributed by atoms with van der Waals surface area (Å²) in [4.78, 5) is 21.0. The predicted molar refractivity (Wildman–Crippen MR) is 112 cm³/mol. The number of pyridine rings is 1. The Morgan fingerprint density at radius 3 is 2.62 bits per heavy atom. The van der Waals surface area contributed by atoms with Crippen molar-refractivity contribution in [3.05, 3.63) is 58.8 Å². The first kappa shape index (κ1) is 19.8. The van der Waals surface area contributed by atoms with E-state index in [9.17, 15) is 13.6 Å². The number of halogens is 3. The third-order valence-corrected chi connectivity index (χ3v) is 5.89. The van der Waals surface area contributed by atoms with Gasteiger partial charge < -0.3 is 14.4 Å². The molecular formula is C21H21BrF2N4O. The van der Waals surface area contributed by atoms with Crippen molar-refractivity contribution >= 4 is 38.6 Å². The zero-order valence-corrected chi connectivity index (χ0v) is 17.6. The van der Waals surface area contributed by atoms with Crippen LogP contribution in [0.5, 0.6) is 0 Å². The lowest BCUT2D eigenvalue weighted by molar-refractivity contribution is -0.132. The topological polar surface area (TPSA) is 41.4 Å². The van der Waals surface area contributed by atoms with Crippen LogP contribution >= 0.6 is 15.9 Å². The third kappa shape index (κ3) is 4.12. The Kier molecular flexibility index (Phi) is 5.29. The van der Waals surface area contributed by atoms with Gasteiger partial charge in [-0.2, -0.15) is 0 Å². The molecule has 0 spiro atoms. The number of carbonyl (C=O) groups excluding carboxylic acids is 1. The molecule has 0 radical (unpaired) electrons. The van der Waals surface area contributed by atoms with Crippen LogP contribution in [0.4, 0.5) is 14.5 Å². The van der Waals surface area contributed by atoms with Gasteiger partial charge in [0.1, 0.15) is 12.2 Å². The second kappa shape index (κ2) is 7.74. The number of alkyl halides is 2. The molecule has 8 heteroatoms. The van der Waals surface area contributed by atoms with Crippen molar-refractivity contribution in [1.82, 2.24) is 14.5 Å². The molecular weight excluding hydrogens is 442 g/mol. The summed E-state index contributed by atoms with van der Waals surface area (Å²) in [7, 11) is 0. The van der Waals surface area contributed by atoms with Gasteiger partial charge in [-0.25, -0.2) is 13.8 Å². The standard InChI is InChI=1S/C21H21BrF2N4O/c1-21(23,24)16-4-5-18(17(22)13-16)26-9-11-27(12-10-26)19(29)14-28-8-6-15-3-2-7-25-20(15)28/h2-8,13H,9-12,14H2,1H3. The lowest BCUT2D eigenvalue weighted by Crippen LogP contribution is -2.49. The number of benzene rings is 1. The largest absolute Gasteiger partial charge is 0.367 e. The Morgan fingerprint density at radius 2 is 1.93 bits per heavy atom. The highest BCUT2D eigenvalue weighted by Gasteiger charge is 2.27. The molecule has 0 atom stereocenters. The number of carbonyl (C=O) groups is 1. The summed E-state index contributed by atoms with van der Waals surface area (Å²) < 4.78 is 29.5. The molecule has 0 N–H and O–H groups in total. The van der Waals surface area contributed by atoms with E-state index in [4.69, 9.17) is 0 Å². The number of anilines is 1. The molecule has 1 aromatic carbocycles. The maximum atomic E-state index is 13.5. The average Bonchev–Trinajstić information content (AvgIpc) is 3.10. The molecule has 1 aliphatic rings. The molecule has 0 unspecified atom stereocenters. The Hall–Kier alpha value is -2.48. The normalized spacial score (nSPS) is 15.2. The van der Waals surface area contributed by atoms with E-state index in [0.717, 1.165) is 23.6 Å². The van der Waals surface area contributed by atoms with Gasteiger partial charge in [0.2, 0.25) is 5.91 Å².